The third-order valence-electron chi connectivity index (χ3n) is 1.85. The van der Waals surface area contributed by atoms with Gasteiger partial charge in [0.1, 0.15) is 10.7 Å². The first kappa shape index (κ1) is 10.1. The molecule has 2 aromatic rings. The molecule has 0 unspecified atom stereocenters. The number of nitrogens with zero attached hydrogens (tertiary/aromatic N) is 2. The van der Waals surface area contributed by atoms with Gasteiger partial charge in [-0.2, -0.15) is 0 Å². The highest BCUT2D eigenvalue weighted by Crippen LogP contribution is 2.25. The molecule has 1 N–H and O–H groups in total. The summed E-state index contributed by atoms with van der Waals surface area (Å²) in [4.78, 5) is 18.6. The largest absolute Gasteiger partial charge is 0.478 e. The van der Waals surface area contributed by atoms with Crippen LogP contribution >= 0.6 is 23.2 Å². The summed E-state index contributed by atoms with van der Waals surface area (Å²) in [7, 11) is 0. The highest BCUT2D eigenvalue weighted by molar-refractivity contribution is 6.38. The monoisotopic (exact) mass is 242 g/mol. The quantitative estimate of drug-likeness (QED) is 0.782. The fourth-order valence-corrected chi connectivity index (χ4v) is 1.58. The lowest BCUT2D eigenvalue weighted by Gasteiger charge is -2.02. The Morgan fingerprint density at radius 2 is 2.07 bits per heavy atom. The van der Waals surface area contributed by atoms with E-state index in [0.717, 1.165) is 0 Å². The summed E-state index contributed by atoms with van der Waals surface area (Å²) in [6, 6.07) is 3.19. The second-order valence-corrected chi connectivity index (χ2v) is 3.56. The zero-order valence-corrected chi connectivity index (χ0v) is 8.75. The van der Waals surface area contributed by atoms with E-state index in [-0.39, 0.29) is 15.7 Å². The molecule has 2 aromatic heterocycles. The minimum atomic E-state index is -1.14. The Labute approximate surface area is 94.5 Å². The Balaban J connectivity index is 2.82. The fourth-order valence-electron chi connectivity index (χ4n) is 1.16. The Bertz CT molecular complexity index is 557. The molecule has 0 aliphatic carbocycles. The molecule has 0 saturated heterocycles. The van der Waals surface area contributed by atoms with Gasteiger partial charge in [0.2, 0.25) is 0 Å². The number of carbonyl (C=O) groups is 1. The van der Waals surface area contributed by atoms with Crippen LogP contribution in [0.25, 0.3) is 11.0 Å². The van der Waals surface area contributed by atoms with Crippen molar-refractivity contribution in [2.75, 3.05) is 0 Å². The average molecular weight is 243 g/mol. The van der Waals surface area contributed by atoms with Crippen molar-refractivity contribution in [1.82, 2.24) is 9.97 Å². The van der Waals surface area contributed by atoms with Crippen LogP contribution in [0.1, 0.15) is 10.4 Å². The molecule has 0 amide bonds. The van der Waals surface area contributed by atoms with Gasteiger partial charge in [-0.05, 0) is 12.1 Å². The van der Waals surface area contributed by atoms with Crippen molar-refractivity contribution in [2.24, 2.45) is 0 Å². The first-order valence-corrected chi connectivity index (χ1v) is 4.69. The molecule has 15 heavy (non-hydrogen) atoms. The number of hydrogen-bond donors (Lipinski definition) is 1. The van der Waals surface area contributed by atoms with Gasteiger partial charge in [-0.3, -0.25) is 4.98 Å². The van der Waals surface area contributed by atoms with Crippen molar-refractivity contribution in [3.8, 4) is 0 Å². The van der Waals surface area contributed by atoms with Crippen molar-refractivity contribution < 1.29 is 9.90 Å². The molecule has 0 spiro atoms. The van der Waals surface area contributed by atoms with Crippen molar-refractivity contribution in [1.29, 1.82) is 0 Å². The van der Waals surface area contributed by atoms with E-state index < -0.39 is 5.97 Å². The highest BCUT2D eigenvalue weighted by atomic mass is 35.5. The summed E-state index contributed by atoms with van der Waals surface area (Å²) in [5.41, 5.74) is 0.720. The Morgan fingerprint density at radius 3 is 2.73 bits per heavy atom. The standard InChI is InChI=1S/C9H4Cl2N2O2/c10-6-2-1-5-8(13-6)7(11)4(3-12-5)9(14)15/h1-3H,(H,14,15). The van der Waals surface area contributed by atoms with Crippen LogP contribution in [-0.4, -0.2) is 21.0 Å². The molecule has 0 atom stereocenters. The zero-order valence-electron chi connectivity index (χ0n) is 7.24. The number of fused-ring (bicyclic) bond motifs is 1. The topological polar surface area (TPSA) is 63.1 Å². The second-order valence-electron chi connectivity index (χ2n) is 2.79. The number of aromatic carboxylic acids is 1. The number of halogens is 2. The molecular formula is C9H4Cl2N2O2. The molecule has 0 aromatic carbocycles. The Kier molecular flexibility index (Phi) is 2.46. The lowest BCUT2D eigenvalue weighted by atomic mass is 10.2. The van der Waals surface area contributed by atoms with Crippen LogP contribution in [0.4, 0.5) is 0 Å². The van der Waals surface area contributed by atoms with E-state index in [0.29, 0.717) is 11.0 Å². The maximum atomic E-state index is 10.8. The van der Waals surface area contributed by atoms with E-state index in [1.807, 2.05) is 0 Å². The first-order chi connectivity index (χ1) is 7.09. The molecule has 4 nitrogen and oxygen atoms in total. The summed E-state index contributed by atoms with van der Waals surface area (Å²) >= 11 is 11.5. The smallest absolute Gasteiger partial charge is 0.338 e. The number of carboxylic acid groups (broad SMARTS) is 1. The minimum Gasteiger partial charge on any atom is -0.478 e. The van der Waals surface area contributed by atoms with Crippen molar-refractivity contribution in [2.45, 2.75) is 0 Å². The van der Waals surface area contributed by atoms with E-state index >= 15 is 0 Å². The van der Waals surface area contributed by atoms with Crippen LogP contribution in [0.2, 0.25) is 10.2 Å². The molecule has 76 valence electrons. The van der Waals surface area contributed by atoms with Crippen molar-refractivity contribution in [3.05, 3.63) is 34.1 Å². The fraction of sp³-hybridized carbons (Fsp3) is 0. The Morgan fingerprint density at radius 1 is 1.33 bits per heavy atom. The maximum absolute atomic E-state index is 10.8. The molecule has 6 heteroatoms. The van der Waals surface area contributed by atoms with Gasteiger partial charge in [0.15, 0.2) is 0 Å². The lowest BCUT2D eigenvalue weighted by molar-refractivity contribution is 0.0697. The van der Waals surface area contributed by atoms with Gasteiger partial charge in [-0.15, -0.1) is 0 Å². The summed E-state index contributed by atoms with van der Waals surface area (Å²) in [6.45, 7) is 0. The molecular weight excluding hydrogens is 239 g/mol. The van der Waals surface area contributed by atoms with Gasteiger partial charge in [0.05, 0.1) is 16.1 Å². The highest BCUT2D eigenvalue weighted by Gasteiger charge is 2.13. The second kappa shape index (κ2) is 3.64. The number of carboxylic acids is 1. The number of pyridine rings is 2. The molecule has 0 fully saturated rings. The normalized spacial score (nSPS) is 10.5. The van der Waals surface area contributed by atoms with Gasteiger partial charge >= 0.3 is 5.97 Å². The summed E-state index contributed by atoms with van der Waals surface area (Å²) in [5, 5.41) is 9.10. The number of aromatic nitrogens is 2. The maximum Gasteiger partial charge on any atom is 0.338 e. The molecule has 0 aliphatic heterocycles. The van der Waals surface area contributed by atoms with Crippen molar-refractivity contribution >= 4 is 40.2 Å². The van der Waals surface area contributed by atoms with Gasteiger partial charge < -0.3 is 5.11 Å². The summed E-state index contributed by atoms with van der Waals surface area (Å²) < 4.78 is 0. The van der Waals surface area contributed by atoms with E-state index in [4.69, 9.17) is 28.3 Å². The van der Waals surface area contributed by atoms with Crippen LogP contribution in [0.3, 0.4) is 0 Å². The van der Waals surface area contributed by atoms with E-state index in [9.17, 15) is 4.79 Å². The summed E-state index contributed by atoms with van der Waals surface area (Å²) in [6.07, 6.45) is 1.20. The molecule has 0 bridgehead atoms. The van der Waals surface area contributed by atoms with E-state index in [1.165, 1.54) is 6.20 Å². The number of hydrogen-bond acceptors (Lipinski definition) is 3. The predicted octanol–water partition coefficient (Wildman–Crippen LogP) is 2.63. The third kappa shape index (κ3) is 1.73. The van der Waals surface area contributed by atoms with Gasteiger partial charge in [0, 0.05) is 6.20 Å². The van der Waals surface area contributed by atoms with Gasteiger partial charge in [-0.25, -0.2) is 9.78 Å². The number of rotatable bonds is 1. The van der Waals surface area contributed by atoms with Crippen LogP contribution < -0.4 is 0 Å². The van der Waals surface area contributed by atoms with Crippen LogP contribution in [-0.2, 0) is 0 Å². The van der Waals surface area contributed by atoms with Gasteiger partial charge in [0.25, 0.3) is 0 Å². The van der Waals surface area contributed by atoms with E-state index in [2.05, 4.69) is 9.97 Å². The Hall–Kier alpha value is -1.39. The third-order valence-corrected chi connectivity index (χ3v) is 2.44. The predicted molar refractivity (Wildman–Crippen MR) is 56.5 cm³/mol. The van der Waals surface area contributed by atoms with Gasteiger partial charge in [-0.1, -0.05) is 23.2 Å². The lowest BCUT2D eigenvalue weighted by Crippen LogP contribution is -1.99. The van der Waals surface area contributed by atoms with Crippen molar-refractivity contribution in [3.63, 3.8) is 0 Å². The molecule has 2 rings (SSSR count). The molecule has 0 radical (unpaired) electrons. The summed E-state index contributed by atoms with van der Waals surface area (Å²) in [5.74, 6) is -1.14. The minimum absolute atomic E-state index is 0.0509. The van der Waals surface area contributed by atoms with Crippen LogP contribution in [0.5, 0.6) is 0 Å². The molecule has 0 aliphatic rings. The average Bonchev–Trinajstić information content (AvgIpc) is 2.19. The van der Waals surface area contributed by atoms with E-state index in [1.54, 1.807) is 12.1 Å². The SMILES string of the molecule is O=C(O)c1cnc2ccc(Cl)nc2c1Cl. The zero-order chi connectivity index (χ0) is 11.0. The van der Waals surface area contributed by atoms with Crippen LogP contribution in [0.15, 0.2) is 18.3 Å². The molecule has 2 heterocycles. The first-order valence-electron chi connectivity index (χ1n) is 3.93. The van der Waals surface area contributed by atoms with Crippen LogP contribution in [0, 0.1) is 0 Å². The molecule has 0 saturated carbocycles.